The van der Waals surface area contributed by atoms with Gasteiger partial charge in [-0.3, -0.25) is 14.8 Å². The third-order valence-electron chi connectivity index (χ3n) is 4.68. The summed E-state index contributed by atoms with van der Waals surface area (Å²) in [4.78, 5) is 25.1. The molecular weight excluding hydrogens is 386 g/mol. The Bertz CT molecular complexity index is 1150. The van der Waals surface area contributed by atoms with Gasteiger partial charge in [0.1, 0.15) is 16.5 Å². The second-order valence-corrected chi connectivity index (χ2v) is 7.31. The highest BCUT2D eigenvalue weighted by Crippen LogP contribution is 2.31. The van der Waals surface area contributed by atoms with E-state index in [0.717, 1.165) is 33.4 Å². The minimum Gasteiger partial charge on any atom is -0.497 e. The summed E-state index contributed by atoms with van der Waals surface area (Å²) in [6.07, 6.45) is 4.94. The second kappa shape index (κ2) is 7.84. The Kier molecular flexibility index (Phi) is 5.09. The lowest BCUT2D eigenvalue weighted by atomic mass is 10.2. The lowest BCUT2D eigenvalue weighted by Gasteiger charge is -2.11. The Balaban J connectivity index is 1.75. The number of nitrogens with zero attached hydrogens (tertiary/aromatic N) is 4. The monoisotopic (exact) mass is 405 g/mol. The quantitative estimate of drug-likeness (QED) is 0.529. The van der Waals surface area contributed by atoms with E-state index in [0.29, 0.717) is 17.8 Å². The highest BCUT2D eigenvalue weighted by Gasteiger charge is 2.19. The zero-order valence-corrected chi connectivity index (χ0v) is 16.8. The summed E-state index contributed by atoms with van der Waals surface area (Å²) in [6.45, 7) is 2.47. The van der Waals surface area contributed by atoms with Gasteiger partial charge in [-0.25, -0.2) is 4.98 Å². The zero-order chi connectivity index (χ0) is 20.4. The minimum absolute atomic E-state index is 0.457. The Morgan fingerprint density at radius 2 is 2.00 bits per heavy atom. The van der Waals surface area contributed by atoms with E-state index in [1.165, 1.54) is 11.3 Å². The first kappa shape index (κ1) is 18.8. The predicted octanol–water partition coefficient (Wildman–Crippen LogP) is 3.53. The van der Waals surface area contributed by atoms with Crippen LogP contribution in [0.3, 0.4) is 0 Å². The molecule has 0 unspecified atom stereocenters. The van der Waals surface area contributed by atoms with Crippen LogP contribution in [-0.2, 0) is 6.54 Å². The molecule has 0 aliphatic heterocycles. The van der Waals surface area contributed by atoms with Gasteiger partial charge >= 0.3 is 0 Å². The highest BCUT2D eigenvalue weighted by atomic mass is 32.1. The fourth-order valence-corrected chi connectivity index (χ4v) is 3.92. The molecule has 0 atom stereocenters. The Morgan fingerprint density at radius 1 is 1.21 bits per heavy atom. The van der Waals surface area contributed by atoms with Gasteiger partial charge < -0.3 is 15.0 Å². The van der Waals surface area contributed by atoms with Crippen LogP contribution in [0.25, 0.3) is 22.1 Å². The number of rotatable bonds is 6. The van der Waals surface area contributed by atoms with Gasteiger partial charge in [0.25, 0.3) is 5.91 Å². The summed E-state index contributed by atoms with van der Waals surface area (Å²) in [7, 11) is 1.64. The van der Waals surface area contributed by atoms with Crippen LogP contribution in [0.15, 0.2) is 54.3 Å². The predicted molar refractivity (Wildman–Crippen MR) is 112 cm³/mol. The number of methoxy groups -OCH3 is 1. The molecule has 0 bridgehead atoms. The van der Waals surface area contributed by atoms with Crippen LogP contribution in [0.2, 0.25) is 0 Å². The Labute approximate surface area is 171 Å². The molecule has 3 heterocycles. The van der Waals surface area contributed by atoms with Crippen molar-refractivity contribution in [2.45, 2.75) is 13.5 Å². The van der Waals surface area contributed by atoms with Crippen molar-refractivity contribution in [3.05, 3.63) is 71.1 Å². The number of benzene rings is 1. The summed E-state index contributed by atoms with van der Waals surface area (Å²) in [5, 5.41) is 2.72. The van der Waals surface area contributed by atoms with E-state index in [2.05, 4.69) is 14.5 Å². The van der Waals surface area contributed by atoms with Gasteiger partial charge in [0.2, 0.25) is 0 Å². The van der Waals surface area contributed by atoms with E-state index in [1.807, 2.05) is 36.6 Å². The number of thiazole rings is 1. The molecule has 0 saturated carbocycles. The van der Waals surface area contributed by atoms with Crippen LogP contribution >= 0.6 is 11.3 Å². The number of primary amides is 1. The number of ether oxygens (including phenoxy) is 1. The molecule has 0 saturated heterocycles. The zero-order valence-electron chi connectivity index (χ0n) is 16.0. The van der Waals surface area contributed by atoms with Gasteiger partial charge in [-0.05, 0) is 30.7 Å². The molecular formula is C21H19N5O2S. The van der Waals surface area contributed by atoms with Crippen molar-refractivity contribution in [2.24, 2.45) is 5.73 Å². The number of hydrogen-bond donors (Lipinski definition) is 1. The smallest absolute Gasteiger partial charge is 0.250 e. The van der Waals surface area contributed by atoms with Crippen LogP contribution in [0.1, 0.15) is 21.6 Å². The van der Waals surface area contributed by atoms with Gasteiger partial charge in [-0.15, -0.1) is 11.3 Å². The molecule has 0 aliphatic carbocycles. The normalized spacial score (nSPS) is 10.8. The lowest BCUT2D eigenvalue weighted by Crippen LogP contribution is -2.12. The van der Waals surface area contributed by atoms with Gasteiger partial charge in [0.05, 0.1) is 30.3 Å². The largest absolute Gasteiger partial charge is 0.497 e. The van der Waals surface area contributed by atoms with Gasteiger partial charge in [0, 0.05) is 30.0 Å². The standard InChI is InChI=1S/C21H19N5O2S/c1-13-16(20(22)27)9-19(26(13)11-14-3-5-15(28-2)6-4-14)18-12-29-21(25-18)17-10-23-7-8-24-17/h3-10,12H,11H2,1-2H3,(H2,22,27). The topological polar surface area (TPSA) is 95.9 Å². The molecule has 29 heavy (non-hydrogen) atoms. The number of amides is 1. The summed E-state index contributed by atoms with van der Waals surface area (Å²) < 4.78 is 7.28. The number of hydrogen-bond acceptors (Lipinski definition) is 6. The van der Waals surface area contributed by atoms with E-state index in [-0.39, 0.29) is 0 Å². The molecule has 4 aromatic rings. The molecule has 1 aromatic carbocycles. The lowest BCUT2D eigenvalue weighted by molar-refractivity contribution is 0.0999. The summed E-state index contributed by atoms with van der Waals surface area (Å²) in [6, 6.07) is 9.63. The van der Waals surface area contributed by atoms with E-state index in [1.54, 1.807) is 31.8 Å². The van der Waals surface area contributed by atoms with Crippen LogP contribution < -0.4 is 10.5 Å². The maximum Gasteiger partial charge on any atom is 0.250 e. The summed E-state index contributed by atoms with van der Waals surface area (Å²) in [5.74, 6) is 0.339. The van der Waals surface area contributed by atoms with Crippen molar-refractivity contribution in [3.8, 4) is 27.8 Å². The molecule has 0 spiro atoms. The molecule has 7 nitrogen and oxygen atoms in total. The fraction of sp³-hybridized carbons (Fsp3) is 0.143. The first-order chi connectivity index (χ1) is 14.1. The average Bonchev–Trinajstić information content (AvgIpc) is 3.35. The van der Waals surface area contributed by atoms with Crippen molar-refractivity contribution in [2.75, 3.05) is 7.11 Å². The van der Waals surface area contributed by atoms with Crippen molar-refractivity contribution in [1.82, 2.24) is 19.5 Å². The maximum absolute atomic E-state index is 11.9. The van der Waals surface area contributed by atoms with Crippen LogP contribution in [0.4, 0.5) is 0 Å². The van der Waals surface area contributed by atoms with E-state index < -0.39 is 5.91 Å². The molecule has 8 heteroatoms. The molecule has 0 fully saturated rings. The van der Waals surface area contributed by atoms with Crippen molar-refractivity contribution in [1.29, 1.82) is 0 Å². The number of aromatic nitrogens is 4. The van der Waals surface area contributed by atoms with Crippen molar-refractivity contribution >= 4 is 17.2 Å². The third kappa shape index (κ3) is 3.74. The van der Waals surface area contributed by atoms with Crippen molar-refractivity contribution < 1.29 is 9.53 Å². The molecule has 0 radical (unpaired) electrons. The third-order valence-corrected chi connectivity index (χ3v) is 5.55. The minimum atomic E-state index is -0.457. The number of carbonyl (C=O) groups is 1. The molecule has 1 amide bonds. The first-order valence-corrected chi connectivity index (χ1v) is 9.80. The maximum atomic E-state index is 11.9. The summed E-state index contributed by atoms with van der Waals surface area (Å²) in [5.41, 5.74) is 10.3. The van der Waals surface area contributed by atoms with E-state index in [4.69, 9.17) is 15.5 Å². The second-order valence-electron chi connectivity index (χ2n) is 6.46. The van der Waals surface area contributed by atoms with Crippen LogP contribution in [0, 0.1) is 6.92 Å². The van der Waals surface area contributed by atoms with Gasteiger partial charge in [0.15, 0.2) is 0 Å². The molecule has 146 valence electrons. The SMILES string of the molecule is COc1ccc(Cn2c(-c3csc(-c4cnccn4)n3)cc(C(N)=O)c2C)cc1. The molecule has 3 aromatic heterocycles. The molecule has 0 aliphatic rings. The molecule has 2 N–H and O–H groups in total. The Hall–Kier alpha value is -3.52. The number of nitrogens with two attached hydrogens (primary N) is 1. The fourth-order valence-electron chi connectivity index (χ4n) is 3.14. The first-order valence-electron chi connectivity index (χ1n) is 8.92. The average molecular weight is 405 g/mol. The molecule has 4 rings (SSSR count). The van der Waals surface area contributed by atoms with Crippen LogP contribution in [0.5, 0.6) is 5.75 Å². The van der Waals surface area contributed by atoms with Gasteiger partial charge in [-0.2, -0.15) is 0 Å². The van der Waals surface area contributed by atoms with Crippen LogP contribution in [-0.4, -0.2) is 32.5 Å². The van der Waals surface area contributed by atoms with Gasteiger partial charge in [-0.1, -0.05) is 12.1 Å². The summed E-state index contributed by atoms with van der Waals surface area (Å²) >= 11 is 1.48. The van der Waals surface area contributed by atoms with Crippen molar-refractivity contribution in [3.63, 3.8) is 0 Å². The van der Waals surface area contributed by atoms with E-state index in [9.17, 15) is 4.79 Å². The Morgan fingerprint density at radius 3 is 2.66 bits per heavy atom. The number of carbonyl (C=O) groups excluding carboxylic acids is 1. The van der Waals surface area contributed by atoms with E-state index >= 15 is 0 Å². The highest BCUT2D eigenvalue weighted by molar-refractivity contribution is 7.13.